The molecule has 6 heteroatoms. The monoisotopic (exact) mass is 361 g/mol. The number of carbonyl (C=O) groups is 1. The average Bonchev–Trinajstić information content (AvgIpc) is 3.26. The summed E-state index contributed by atoms with van der Waals surface area (Å²) in [6.45, 7) is 1.85. The molecule has 0 saturated heterocycles. The van der Waals surface area contributed by atoms with Gasteiger partial charge in [0.1, 0.15) is 5.78 Å². The highest BCUT2D eigenvalue weighted by molar-refractivity contribution is 7.90. The van der Waals surface area contributed by atoms with Crippen molar-refractivity contribution < 1.29 is 18.3 Å². The minimum atomic E-state index is -3.69. The van der Waals surface area contributed by atoms with E-state index >= 15 is 0 Å². The smallest absolute Gasteiger partial charge is 0.267 e. The van der Waals surface area contributed by atoms with Crippen molar-refractivity contribution in [2.24, 2.45) is 5.92 Å². The second kappa shape index (κ2) is 6.77. The van der Waals surface area contributed by atoms with Crippen molar-refractivity contribution in [1.29, 1.82) is 0 Å². The van der Waals surface area contributed by atoms with Gasteiger partial charge < -0.3 is 5.11 Å². The van der Waals surface area contributed by atoms with E-state index in [0.29, 0.717) is 24.8 Å². The van der Waals surface area contributed by atoms with Gasteiger partial charge in [0.15, 0.2) is 0 Å². The second-order valence-corrected chi connectivity index (χ2v) is 8.54. The third-order valence-electron chi connectivity index (χ3n) is 5.12. The molecule has 1 aliphatic rings. The molecule has 0 amide bonds. The summed E-state index contributed by atoms with van der Waals surface area (Å²) in [4.78, 5) is 12.1. The van der Waals surface area contributed by atoms with Gasteiger partial charge in [-0.3, -0.25) is 4.79 Å². The molecule has 2 aromatic rings. The molecule has 2 unspecified atom stereocenters. The van der Waals surface area contributed by atoms with E-state index in [0.717, 1.165) is 16.8 Å². The molecule has 0 spiro atoms. The highest BCUT2D eigenvalue weighted by Gasteiger charge is 2.36. The minimum Gasteiger partial charge on any atom is -0.385 e. The number of aliphatic hydroxyl groups is 1. The van der Waals surface area contributed by atoms with Gasteiger partial charge in [-0.05, 0) is 43.9 Å². The van der Waals surface area contributed by atoms with Gasteiger partial charge in [0, 0.05) is 30.3 Å². The molecule has 134 valence electrons. The third kappa shape index (κ3) is 3.41. The van der Waals surface area contributed by atoms with E-state index in [4.69, 9.17) is 0 Å². The van der Waals surface area contributed by atoms with Gasteiger partial charge in [-0.15, -0.1) is 0 Å². The van der Waals surface area contributed by atoms with E-state index in [-0.39, 0.29) is 16.6 Å². The summed E-state index contributed by atoms with van der Waals surface area (Å²) in [6.07, 6.45) is 5.93. The first kappa shape index (κ1) is 17.9. The van der Waals surface area contributed by atoms with Crippen LogP contribution in [0.3, 0.4) is 0 Å². The van der Waals surface area contributed by atoms with Gasteiger partial charge in [0.05, 0.1) is 10.5 Å². The van der Waals surface area contributed by atoms with Gasteiger partial charge in [-0.2, -0.15) is 0 Å². The van der Waals surface area contributed by atoms with Crippen LogP contribution in [-0.2, 0) is 20.4 Å². The molecule has 0 aliphatic heterocycles. The Morgan fingerprint density at radius 3 is 2.56 bits per heavy atom. The molecule has 1 aromatic heterocycles. The van der Waals surface area contributed by atoms with Crippen molar-refractivity contribution in [3.8, 4) is 0 Å². The molecule has 25 heavy (non-hydrogen) atoms. The van der Waals surface area contributed by atoms with Gasteiger partial charge in [-0.25, -0.2) is 12.4 Å². The minimum absolute atomic E-state index is 0.140. The fourth-order valence-electron chi connectivity index (χ4n) is 3.49. The van der Waals surface area contributed by atoms with Crippen molar-refractivity contribution in [3.05, 3.63) is 54.4 Å². The fourth-order valence-corrected chi connectivity index (χ4v) is 4.71. The van der Waals surface area contributed by atoms with Gasteiger partial charge >= 0.3 is 0 Å². The maximum absolute atomic E-state index is 12.7. The van der Waals surface area contributed by atoms with E-state index in [1.807, 2.05) is 6.92 Å². The van der Waals surface area contributed by atoms with Gasteiger partial charge in [0.25, 0.3) is 10.0 Å². The van der Waals surface area contributed by atoms with Crippen molar-refractivity contribution >= 4 is 15.8 Å². The molecule has 5 nitrogen and oxygen atoms in total. The van der Waals surface area contributed by atoms with Crippen molar-refractivity contribution in [2.45, 2.75) is 49.5 Å². The van der Waals surface area contributed by atoms with Crippen LogP contribution in [0.2, 0.25) is 0 Å². The lowest BCUT2D eigenvalue weighted by atomic mass is 9.83. The number of carbonyl (C=O) groups excluding carboxylic acids is 1. The summed E-state index contributed by atoms with van der Waals surface area (Å²) in [5.74, 6) is 0.0576. The number of benzene rings is 1. The summed E-state index contributed by atoms with van der Waals surface area (Å²) < 4.78 is 26.5. The van der Waals surface area contributed by atoms with Crippen molar-refractivity contribution in [3.63, 3.8) is 0 Å². The number of hydrogen-bond donors (Lipinski definition) is 1. The van der Waals surface area contributed by atoms with Crippen molar-refractivity contribution in [2.75, 3.05) is 0 Å². The number of nitrogens with zero attached hydrogens (tertiary/aromatic N) is 1. The molecule has 1 N–H and O–H groups in total. The topological polar surface area (TPSA) is 76.4 Å². The number of rotatable bonds is 6. The molecule has 1 aliphatic carbocycles. The second-order valence-electron chi connectivity index (χ2n) is 6.69. The average molecular weight is 361 g/mol. The Hall–Kier alpha value is -1.92. The van der Waals surface area contributed by atoms with Crippen LogP contribution in [0, 0.1) is 5.92 Å². The highest BCUT2D eigenvalue weighted by Crippen LogP contribution is 2.37. The zero-order chi connectivity index (χ0) is 18.1. The third-order valence-corrected chi connectivity index (χ3v) is 6.77. The zero-order valence-corrected chi connectivity index (χ0v) is 15.1. The molecular formula is C19H23NO4S. The standard InChI is InChI=1S/C19H23NO4S/c1-2-19(22,13-15-7-6-10-18(15)21)16-11-12-20(14-16)25(23,24)17-8-4-3-5-9-17/h3-5,8-9,11-12,14-15,22H,2,6-7,10,13H2,1H3. The summed E-state index contributed by atoms with van der Waals surface area (Å²) >= 11 is 0. The first-order valence-electron chi connectivity index (χ1n) is 8.61. The Balaban J connectivity index is 1.90. The zero-order valence-electron chi connectivity index (χ0n) is 14.3. The largest absolute Gasteiger partial charge is 0.385 e. The van der Waals surface area contributed by atoms with Crippen LogP contribution in [0.1, 0.15) is 44.6 Å². The predicted molar refractivity (Wildman–Crippen MR) is 94.6 cm³/mol. The van der Waals surface area contributed by atoms with Crippen LogP contribution in [0.15, 0.2) is 53.7 Å². The molecular weight excluding hydrogens is 338 g/mol. The lowest BCUT2D eigenvalue weighted by Gasteiger charge is -2.28. The maximum Gasteiger partial charge on any atom is 0.267 e. The molecule has 2 atom stereocenters. The number of aromatic nitrogens is 1. The molecule has 0 radical (unpaired) electrons. The van der Waals surface area contributed by atoms with Gasteiger partial charge in [-0.1, -0.05) is 25.1 Å². The summed E-state index contributed by atoms with van der Waals surface area (Å²) in [7, 11) is -3.69. The lowest BCUT2D eigenvalue weighted by Crippen LogP contribution is -2.29. The Bertz CT molecular complexity index is 857. The van der Waals surface area contributed by atoms with Crippen molar-refractivity contribution in [1.82, 2.24) is 3.97 Å². The predicted octanol–water partition coefficient (Wildman–Crippen LogP) is 3.08. The molecule has 1 aromatic carbocycles. The number of hydrogen-bond acceptors (Lipinski definition) is 4. The van der Waals surface area contributed by atoms with E-state index in [1.165, 1.54) is 24.5 Å². The van der Waals surface area contributed by atoms with Crippen LogP contribution in [0.25, 0.3) is 0 Å². The van der Waals surface area contributed by atoms with Crippen LogP contribution < -0.4 is 0 Å². The first-order chi connectivity index (χ1) is 11.9. The number of Topliss-reactive ketones (excluding diaryl/α,β-unsaturated/α-hetero) is 1. The Labute approximate surface area is 148 Å². The molecule has 1 saturated carbocycles. The summed E-state index contributed by atoms with van der Waals surface area (Å²) in [5.41, 5.74) is -0.656. The van der Waals surface area contributed by atoms with Crippen LogP contribution in [0.5, 0.6) is 0 Å². The van der Waals surface area contributed by atoms with Crippen LogP contribution >= 0.6 is 0 Å². The Kier molecular flexibility index (Phi) is 4.84. The first-order valence-corrected chi connectivity index (χ1v) is 10.0. The fraction of sp³-hybridized carbons (Fsp3) is 0.421. The highest BCUT2D eigenvalue weighted by atomic mass is 32.2. The van der Waals surface area contributed by atoms with Crippen LogP contribution in [-0.4, -0.2) is 23.3 Å². The Morgan fingerprint density at radius 2 is 1.96 bits per heavy atom. The Morgan fingerprint density at radius 1 is 1.24 bits per heavy atom. The van der Waals surface area contributed by atoms with Crippen LogP contribution in [0.4, 0.5) is 0 Å². The lowest BCUT2D eigenvalue weighted by molar-refractivity contribution is -0.123. The molecule has 0 bridgehead atoms. The maximum atomic E-state index is 12.7. The SMILES string of the molecule is CCC(O)(CC1CCCC1=O)c1ccn(S(=O)(=O)c2ccccc2)c1. The van der Waals surface area contributed by atoms with E-state index in [1.54, 1.807) is 24.3 Å². The van der Waals surface area contributed by atoms with E-state index in [9.17, 15) is 18.3 Å². The molecule has 1 fully saturated rings. The molecule has 1 heterocycles. The summed E-state index contributed by atoms with van der Waals surface area (Å²) in [6, 6.07) is 9.81. The van der Waals surface area contributed by atoms with E-state index < -0.39 is 15.6 Å². The van der Waals surface area contributed by atoms with E-state index in [2.05, 4.69) is 0 Å². The number of ketones is 1. The van der Waals surface area contributed by atoms with Gasteiger partial charge in [0.2, 0.25) is 0 Å². The quantitative estimate of drug-likeness (QED) is 0.858. The normalized spacial score (nSPS) is 20.6. The summed E-state index contributed by atoms with van der Waals surface area (Å²) in [5, 5.41) is 11.1. The molecule has 3 rings (SSSR count).